The van der Waals surface area contributed by atoms with Crippen LogP contribution in [0.5, 0.6) is 0 Å². The highest BCUT2D eigenvalue weighted by molar-refractivity contribution is 5.97. The zero-order chi connectivity index (χ0) is 17.0. The second kappa shape index (κ2) is 6.99. The van der Waals surface area contributed by atoms with Crippen LogP contribution in [0.1, 0.15) is 36.0 Å². The lowest BCUT2D eigenvalue weighted by atomic mass is 9.83. The highest BCUT2D eigenvalue weighted by Gasteiger charge is 2.33. The van der Waals surface area contributed by atoms with Gasteiger partial charge in [-0.15, -0.1) is 0 Å². The highest BCUT2D eigenvalue weighted by Crippen LogP contribution is 2.25. The maximum Gasteiger partial charge on any atom is 0.326 e. The van der Waals surface area contributed by atoms with Gasteiger partial charge in [0.05, 0.1) is 4.92 Å². The molecule has 1 amide bonds. The minimum absolute atomic E-state index is 0.00702. The molecular weight excluding hydrogens is 304 g/mol. The van der Waals surface area contributed by atoms with Crippen LogP contribution in [0.3, 0.4) is 0 Å². The molecule has 8 heteroatoms. The van der Waals surface area contributed by atoms with Crippen LogP contribution >= 0.6 is 0 Å². The second-order valence-corrected chi connectivity index (χ2v) is 5.49. The predicted molar refractivity (Wildman–Crippen MR) is 79.0 cm³/mol. The van der Waals surface area contributed by atoms with E-state index in [1.165, 1.54) is 18.2 Å². The number of carbonyl (C=O) groups is 3. The Labute approximate surface area is 131 Å². The van der Waals surface area contributed by atoms with E-state index in [-0.39, 0.29) is 23.5 Å². The molecular formula is C15H16N2O6. The molecule has 1 aromatic carbocycles. The minimum Gasteiger partial charge on any atom is -0.480 e. The average molecular weight is 320 g/mol. The van der Waals surface area contributed by atoms with E-state index in [2.05, 4.69) is 5.32 Å². The molecule has 23 heavy (non-hydrogen) atoms. The number of hydrogen-bond acceptors (Lipinski definition) is 5. The molecule has 0 heterocycles. The number of nitro groups is 1. The van der Waals surface area contributed by atoms with Crippen molar-refractivity contribution < 1.29 is 24.4 Å². The fourth-order valence-corrected chi connectivity index (χ4v) is 2.71. The number of amides is 1. The third-order valence-electron chi connectivity index (χ3n) is 3.86. The number of nitro benzene ring substituents is 1. The molecule has 1 fully saturated rings. The summed E-state index contributed by atoms with van der Waals surface area (Å²) in [5, 5.41) is 22.4. The Kier molecular flexibility index (Phi) is 5.05. The summed E-state index contributed by atoms with van der Waals surface area (Å²) < 4.78 is 0. The molecule has 2 N–H and O–H groups in total. The first-order valence-electron chi connectivity index (χ1n) is 7.18. The predicted octanol–water partition coefficient (Wildman–Crippen LogP) is 1.54. The Morgan fingerprint density at radius 2 is 2.13 bits per heavy atom. The number of aliphatic carboxylic acids is 1. The van der Waals surface area contributed by atoms with E-state index in [0.29, 0.717) is 19.3 Å². The van der Waals surface area contributed by atoms with Crippen molar-refractivity contribution in [1.29, 1.82) is 0 Å². The van der Waals surface area contributed by atoms with Crippen LogP contribution in [-0.2, 0) is 9.59 Å². The van der Waals surface area contributed by atoms with E-state index in [4.69, 9.17) is 0 Å². The number of carboxylic acid groups (broad SMARTS) is 1. The molecule has 122 valence electrons. The van der Waals surface area contributed by atoms with Crippen molar-refractivity contribution >= 4 is 23.3 Å². The summed E-state index contributed by atoms with van der Waals surface area (Å²) in [5.74, 6) is -2.41. The summed E-state index contributed by atoms with van der Waals surface area (Å²) in [7, 11) is 0. The number of nitrogens with zero attached hydrogens (tertiary/aromatic N) is 1. The van der Waals surface area contributed by atoms with Gasteiger partial charge in [-0.3, -0.25) is 19.7 Å². The largest absolute Gasteiger partial charge is 0.480 e. The minimum atomic E-state index is -1.22. The molecule has 0 saturated heterocycles. The lowest BCUT2D eigenvalue weighted by Gasteiger charge is -2.27. The fraction of sp³-hybridized carbons (Fsp3) is 0.400. The van der Waals surface area contributed by atoms with Gasteiger partial charge in [0.2, 0.25) is 0 Å². The van der Waals surface area contributed by atoms with Crippen molar-refractivity contribution in [2.75, 3.05) is 0 Å². The zero-order valence-corrected chi connectivity index (χ0v) is 12.2. The Hall–Kier alpha value is -2.77. The fourth-order valence-electron chi connectivity index (χ4n) is 2.71. The number of Topliss-reactive ketones (excluding diaryl/α,β-unsaturated/α-hetero) is 1. The van der Waals surface area contributed by atoms with Gasteiger partial charge in [-0.1, -0.05) is 6.07 Å². The number of hydrogen-bond donors (Lipinski definition) is 2. The van der Waals surface area contributed by atoms with Crippen molar-refractivity contribution in [3.8, 4) is 0 Å². The van der Waals surface area contributed by atoms with Gasteiger partial charge in [0, 0.05) is 30.5 Å². The van der Waals surface area contributed by atoms with Crippen molar-refractivity contribution in [3.05, 3.63) is 39.9 Å². The molecule has 1 aromatic rings. The van der Waals surface area contributed by atoms with E-state index in [1.54, 1.807) is 0 Å². The van der Waals surface area contributed by atoms with Crippen molar-refractivity contribution in [2.24, 2.45) is 5.92 Å². The molecule has 1 aliphatic rings. The highest BCUT2D eigenvalue weighted by atomic mass is 16.6. The third kappa shape index (κ3) is 4.12. The van der Waals surface area contributed by atoms with Gasteiger partial charge in [0.15, 0.2) is 0 Å². The quantitative estimate of drug-likeness (QED) is 0.626. The van der Waals surface area contributed by atoms with Gasteiger partial charge < -0.3 is 10.4 Å². The number of rotatable bonds is 5. The lowest BCUT2D eigenvalue weighted by Crippen LogP contribution is -2.47. The van der Waals surface area contributed by atoms with Crippen LogP contribution in [0.15, 0.2) is 24.3 Å². The second-order valence-electron chi connectivity index (χ2n) is 5.49. The molecule has 0 radical (unpaired) electrons. The molecule has 0 aliphatic heterocycles. The first kappa shape index (κ1) is 16.6. The van der Waals surface area contributed by atoms with Crippen molar-refractivity contribution in [2.45, 2.75) is 31.7 Å². The molecule has 2 rings (SSSR count). The molecule has 2 atom stereocenters. The first-order valence-corrected chi connectivity index (χ1v) is 7.18. The van der Waals surface area contributed by atoms with Gasteiger partial charge in [-0.25, -0.2) is 4.79 Å². The number of benzene rings is 1. The number of carbonyl (C=O) groups excluding carboxylic acids is 2. The Morgan fingerprint density at radius 1 is 1.39 bits per heavy atom. The summed E-state index contributed by atoms with van der Waals surface area (Å²) >= 11 is 0. The number of carboxylic acids is 1. The lowest BCUT2D eigenvalue weighted by molar-refractivity contribution is -0.384. The van der Waals surface area contributed by atoms with E-state index >= 15 is 0 Å². The summed E-state index contributed by atoms with van der Waals surface area (Å²) in [4.78, 5) is 45.2. The van der Waals surface area contributed by atoms with Crippen LogP contribution < -0.4 is 5.32 Å². The van der Waals surface area contributed by atoms with Crippen LogP contribution in [-0.4, -0.2) is 33.7 Å². The van der Waals surface area contributed by atoms with Gasteiger partial charge in [-0.05, 0) is 24.8 Å². The van der Waals surface area contributed by atoms with E-state index in [1.807, 2.05) is 0 Å². The Bertz CT molecular complexity index is 657. The summed E-state index contributed by atoms with van der Waals surface area (Å²) in [6, 6.07) is 3.86. The molecule has 0 spiro atoms. The smallest absolute Gasteiger partial charge is 0.326 e. The van der Waals surface area contributed by atoms with Crippen LogP contribution in [0, 0.1) is 16.0 Å². The average Bonchev–Trinajstić information content (AvgIpc) is 2.52. The van der Waals surface area contributed by atoms with Crippen LogP contribution in [0.4, 0.5) is 5.69 Å². The van der Waals surface area contributed by atoms with Gasteiger partial charge in [0.1, 0.15) is 11.8 Å². The molecule has 0 unspecified atom stereocenters. The summed E-state index contributed by atoms with van der Waals surface area (Å²) in [5.41, 5.74) is -0.245. The number of ketones is 1. The van der Waals surface area contributed by atoms with E-state index in [9.17, 15) is 29.6 Å². The Morgan fingerprint density at radius 3 is 2.74 bits per heavy atom. The molecule has 0 bridgehead atoms. The maximum absolute atomic E-state index is 12.2. The Balaban J connectivity index is 2.15. The van der Waals surface area contributed by atoms with Gasteiger partial charge >= 0.3 is 5.97 Å². The van der Waals surface area contributed by atoms with E-state index < -0.39 is 28.8 Å². The third-order valence-corrected chi connectivity index (χ3v) is 3.86. The molecule has 1 aliphatic carbocycles. The monoisotopic (exact) mass is 320 g/mol. The number of nitrogens with one attached hydrogen (secondary N) is 1. The van der Waals surface area contributed by atoms with Gasteiger partial charge in [-0.2, -0.15) is 0 Å². The zero-order valence-electron chi connectivity index (χ0n) is 12.2. The molecule has 1 saturated carbocycles. The maximum atomic E-state index is 12.2. The summed E-state index contributed by atoms with van der Waals surface area (Å²) in [6.45, 7) is 0. The van der Waals surface area contributed by atoms with Crippen LogP contribution in [0.2, 0.25) is 0 Å². The first-order chi connectivity index (χ1) is 10.9. The standard InChI is InChI=1S/C15H16N2O6/c18-12-6-2-3-9(8-12)13(15(20)21)16-14(19)10-4-1-5-11(7-10)17(22)23/h1,4-5,7,9,13H,2-3,6,8H2,(H,16,19)(H,20,21)/t9-,13-/m1/s1. The molecule has 8 nitrogen and oxygen atoms in total. The summed E-state index contributed by atoms with van der Waals surface area (Å²) in [6.07, 6.45) is 1.69. The van der Waals surface area contributed by atoms with E-state index in [0.717, 1.165) is 6.07 Å². The topological polar surface area (TPSA) is 127 Å². The van der Waals surface area contributed by atoms with Gasteiger partial charge in [0.25, 0.3) is 11.6 Å². The molecule has 0 aromatic heterocycles. The van der Waals surface area contributed by atoms with Crippen molar-refractivity contribution in [1.82, 2.24) is 5.32 Å². The normalized spacial score (nSPS) is 19.0. The van der Waals surface area contributed by atoms with Crippen LogP contribution in [0.25, 0.3) is 0 Å². The van der Waals surface area contributed by atoms with Crippen molar-refractivity contribution in [3.63, 3.8) is 0 Å². The SMILES string of the molecule is O=C1CCC[C@@H]([C@@H](NC(=O)c2cccc([N+](=O)[O-])c2)C(=O)O)C1. The number of non-ortho nitro benzene ring substituents is 1.